The van der Waals surface area contributed by atoms with Gasteiger partial charge in [0.2, 0.25) is 0 Å². The standard InChI is InChI=1S/C14H8ClN3O3/c15-10-6-5-8(7-9(10)13(19)20)21-14-16-11-3-1-2-4-12(11)17-18-14/h1-7H,(H,19,20). The van der Waals surface area contributed by atoms with Gasteiger partial charge in [-0.25, -0.2) is 4.79 Å². The Morgan fingerprint density at radius 3 is 2.62 bits per heavy atom. The average Bonchev–Trinajstić information content (AvgIpc) is 2.49. The molecule has 0 saturated carbocycles. The van der Waals surface area contributed by atoms with Gasteiger partial charge in [0.25, 0.3) is 0 Å². The van der Waals surface area contributed by atoms with Crippen LogP contribution in [0.3, 0.4) is 0 Å². The lowest BCUT2D eigenvalue weighted by atomic mass is 10.2. The first-order valence-corrected chi connectivity index (χ1v) is 6.31. The zero-order valence-electron chi connectivity index (χ0n) is 10.5. The normalized spacial score (nSPS) is 10.5. The highest BCUT2D eigenvalue weighted by atomic mass is 35.5. The molecule has 3 aromatic rings. The Morgan fingerprint density at radius 2 is 1.86 bits per heavy atom. The monoisotopic (exact) mass is 301 g/mol. The van der Waals surface area contributed by atoms with Crippen LogP contribution < -0.4 is 4.74 Å². The minimum atomic E-state index is -1.14. The van der Waals surface area contributed by atoms with Crippen molar-refractivity contribution in [1.82, 2.24) is 15.2 Å². The highest BCUT2D eigenvalue weighted by molar-refractivity contribution is 6.33. The number of carboxylic acids is 1. The molecule has 0 aliphatic rings. The summed E-state index contributed by atoms with van der Waals surface area (Å²) in [6.45, 7) is 0. The van der Waals surface area contributed by atoms with E-state index in [1.54, 1.807) is 12.1 Å². The summed E-state index contributed by atoms with van der Waals surface area (Å²) in [5.74, 6) is -0.864. The van der Waals surface area contributed by atoms with Crippen LogP contribution in [0.2, 0.25) is 5.02 Å². The number of hydrogen-bond acceptors (Lipinski definition) is 5. The fourth-order valence-electron chi connectivity index (χ4n) is 1.75. The third kappa shape index (κ3) is 2.75. The van der Waals surface area contributed by atoms with Gasteiger partial charge in [-0.1, -0.05) is 28.8 Å². The largest absolute Gasteiger partial charge is 0.478 e. The van der Waals surface area contributed by atoms with Crippen LogP contribution in [0.4, 0.5) is 0 Å². The summed E-state index contributed by atoms with van der Waals surface area (Å²) in [4.78, 5) is 15.2. The molecule has 0 bridgehead atoms. The molecule has 0 unspecified atom stereocenters. The highest BCUT2D eigenvalue weighted by Gasteiger charge is 2.11. The molecule has 0 amide bonds. The summed E-state index contributed by atoms with van der Waals surface area (Å²) in [6.07, 6.45) is 0. The summed E-state index contributed by atoms with van der Waals surface area (Å²) in [5.41, 5.74) is 1.23. The molecule has 0 aliphatic carbocycles. The molecule has 3 rings (SSSR count). The van der Waals surface area contributed by atoms with E-state index in [1.165, 1.54) is 18.2 Å². The van der Waals surface area contributed by atoms with E-state index in [4.69, 9.17) is 21.4 Å². The zero-order chi connectivity index (χ0) is 14.8. The number of carbonyl (C=O) groups is 1. The predicted molar refractivity (Wildman–Crippen MR) is 75.8 cm³/mol. The zero-order valence-corrected chi connectivity index (χ0v) is 11.3. The van der Waals surface area contributed by atoms with E-state index in [0.29, 0.717) is 11.0 Å². The van der Waals surface area contributed by atoms with Gasteiger partial charge >= 0.3 is 12.0 Å². The molecule has 1 N–H and O–H groups in total. The fourth-order valence-corrected chi connectivity index (χ4v) is 1.94. The number of halogens is 1. The molecule has 2 aromatic carbocycles. The topological polar surface area (TPSA) is 85.2 Å². The Hall–Kier alpha value is -2.73. The number of ether oxygens (including phenoxy) is 1. The van der Waals surface area contributed by atoms with Gasteiger partial charge in [-0.15, -0.1) is 5.10 Å². The Labute approximate surface area is 124 Å². The molecule has 0 radical (unpaired) electrons. The van der Waals surface area contributed by atoms with Crippen molar-refractivity contribution in [3.8, 4) is 11.8 Å². The molecule has 1 aromatic heterocycles. The molecule has 0 spiro atoms. The van der Waals surface area contributed by atoms with E-state index in [-0.39, 0.29) is 22.3 Å². The van der Waals surface area contributed by atoms with E-state index in [2.05, 4.69) is 15.2 Å². The number of benzene rings is 2. The second-order valence-corrected chi connectivity index (χ2v) is 4.54. The van der Waals surface area contributed by atoms with Crippen molar-refractivity contribution in [3.05, 3.63) is 53.1 Å². The van der Waals surface area contributed by atoms with Gasteiger partial charge in [-0.3, -0.25) is 0 Å². The first-order chi connectivity index (χ1) is 10.1. The number of rotatable bonds is 3. The van der Waals surface area contributed by atoms with Crippen LogP contribution in [0, 0.1) is 0 Å². The first kappa shape index (κ1) is 13.3. The summed E-state index contributed by atoms with van der Waals surface area (Å²) in [5, 5.41) is 17.0. The number of fused-ring (bicyclic) bond motifs is 1. The van der Waals surface area contributed by atoms with Crippen LogP contribution in [0.5, 0.6) is 11.8 Å². The summed E-state index contributed by atoms with van der Waals surface area (Å²) in [7, 11) is 0. The van der Waals surface area contributed by atoms with Gasteiger partial charge in [0, 0.05) is 0 Å². The van der Waals surface area contributed by atoms with Crippen molar-refractivity contribution >= 4 is 28.6 Å². The maximum absolute atomic E-state index is 11.0. The molecule has 1 heterocycles. The third-order valence-corrected chi connectivity index (χ3v) is 3.05. The molecule has 0 saturated heterocycles. The van der Waals surface area contributed by atoms with Gasteiger partial charge in [-0.05, 0) is 30.3 Å². The quantitative estimate of drug-likeness (QED) is 0.799. The predicted octanol–water partition coefficient (Wildman–Crippen LogP) is 3.17. The molecule has 21 heavy (non-hydrogen) atoms. The molecule has 7 heteroatoms. The second kappa shape index (κ2) is 5.34. The number of aromatic nitrogens is 3. The average molecular weight is 302 g/mol. The van der Waals surface area contributed by atoms with E-state index in [1.807, 2.05) is 12.1 Å². The minimum Gasteiger partial charge on any atom is -0.478 e. The van der Waals surface area contributed by atoms with E-state index >= 15 is 0 Å². The Kier molecular flexibility index (Phi) is 3.37. The van der Waals surface area contributed by atoms with Gasteiger partial charge in [0.1, 0.15) is 11.3 Å². The number of carboxylic acid groups (broad SMARTS) is 1. The smallest absolute Gasteiger partial charge is 0.341 e. The Bertz CT molecular complexity index is 839. The molecular weight excluding hydrogens is 294 g/mol. The fraction of sp³-hybridized carbons (Fsp3) is 0. The molecule has 0 fully saturated rings. The van der Waals surface area contributed by atoms with Crippen LogP contribution in [0.15, 0.2) is 42.5 Å². The third-order valence-electron chi connectivity index (χ3n) is 2.72. The minimum absolute atomic E-state index is 0.0346. The number of aromatic carboxylic acids is 1. The van der Waals surface area contributed by atoms with Crippen molar-refractivity contribution in [2.75, 3.05) is 0 Å². The first-order valence-electron chi connectivity index (χ1n) is 5.93. The molecule has 0 atom stereocenters. The van der Waals surface area contributed by atoms with Crippen LogP contribution in [-0.4, -0.2) is 26.3 Å². The maximum Gasteiger partial charge on any atom is 0.341 e. The molecule has 6 nitrogen and oxygen atoms in total. The summed E-state index contributed by atoms with van der Waals surface area (Å²) in [6, 6.07) is 11.5. The highest BCUT2D eigenvalue weighted by Crippen LogP contribution is 2.25. The molecule has 0 aliphatic heterocycles. The molecule has 104 valence electrons. The van der Waals surface area contributed by atoms with Crippen molar-refractivity contribution < 1.29 is 14.6 Å². The van der Waals surface area contributed by atoms with Gasteiger partial charge < -0.3 is 9.84 Å². The van der Waals surface area contributed by atoms with Crippen molar-refractivity contribution in [2.24, 2.45) is 0 Å². The second-order valence-electron chi connectivity index (χ2n) is 4.13. The summed E-state index contributed by atoms with van der Waals surface area (Å²) < 4.78 is 5.43. The van der Waals surface area contributed by atoms with Crippen LogP contribution >= 0.6 is 11.6 Å². The number of hydrogen-bond donors (Lipinski definition) is 1. The van der Waals surface area contributed by atoms with Crippen LogP contribution in [0.25, 0.3) is 11.0 Å². The van der Waals surface area contributed by atoms with Crippen molar-refractivity contribution in [2.45, 2.75) is 0 Å². The number of para-hydroxylation sites is 1. The molecular formula is C14H8ClN3O3. The van der Waals surface area contributed by atoms with Crippen molar-refractivity contribution in [3.63, 3.8) is 0 Å². The van der Waals surface area contributed by atoms with Gasteiger partial charge in [-0.2, -0.15) is 4.98 Å². The van der Waals surface area contributed by atoms with E-state index in [0.717, 1.165) is 0 Å². The van der Waals surface area contributed by atoms with Crippen molar-refractivity contribution in [1.29, 1.82) is 0 Å². The maximum atomic E-state index is 11.0. The van der Waals surface area contributed by atoms with Gasteiger partial charge in [0.05, 0.1) is 16.1 Å². The summed E-state index contributed by atoms with van der Waals surface area (Å²) >= 11 is 5.79. The Balaban J connectivity index is 1.94. The van der Waals surface area contributed by atoms with Crippen LogP contribution in [-0.2, 0) is 0 Å². The Morgan fingerprint density at radius 1 is 1.10 bits per heavy atom. The lowest BCUT2D eigenvalue weighted by molar-refractivity contribution is 0.0696. The number of nitrogens with zero attached hydrogens (tertiary/aromatic N) is 3. The SMILES string of the molecule is O=C(O)c1cc(Oc2nnc3ccccc3n2)ccc1Cl. The van der Waals surface area contributed by atoms with Crippen LogP contribution in [0.1, 0.15) is 10.4 Å². The lowest BCUT2D eigenvalue weighted by Gasteiger charge is -2.05. The van der Waals surface area contributed by atoms with Gasteiger partial charge in [0.15, 0.2) is 0 Å². The van der Waals surface area contributed by atoms with E-state index in [9.17, 15) is 4.79 Å². The van der Waals surface area contributed by atoms with E-state index < -0.39 is 5.97 Å². The lowest BCUT2D eigenvalue weighted by Crippen LogP contribution is -1.99.